The van der Waals surface area contributed by atoms with Gasteiger partial charge in [0.2, 0.25) is 6.79 Å². The molecule has 1 aromatic heterocycles. The van der Waals surface area contributed by atoms with E-state index >= 15 is 0 Å². The highest BCUT2D eigenvalue weighted by Gasteiger charge is 2.13. The summed E-state index contributed by atoms with van der Waals surface area (Å²) in [5.41, 5.74) is 0.897. The number of thiophene rings is 1. The van der Waals surface area contributed by atoms with E-state index in [1.54, 1.807) is 11.3 Å². The van der Waals surface area contributed by atoms with Gasteiger partial charge in [0.05, 0.1) is 0 Å². The van der Waals surface area contributed by atoms with Crippen molar-refractivity contribution in [2.45, 2.75) is 6.61 Å². The van der Waals surface area contributed by atoms with Crippen molar-refractivity contribution in [3.05, 3.63) is 40.1 Å². The number of hydrogen-bond donors (Lipinski definition) is 1. The smallest absolute Gasteiger partial charge is 0.231 e. The zero-order valence-electron chi connectivity index (χ0n) is 10.6. The highest BCUT2D eigenvalue weighted by atomic mass is 32.1. The summed E-state index contributed by atoms with van der Waals surface area (Å²) in [6.07, 6.45) is 0. The fourth-order valence-electron chi connectivity index (χ4n) is 1.78. The lowest BCUT2D eigenvalue weighted by Gasteiger charge is -2.05. The van der Waals surface area contributed by atoms with Crippen molar-refractivity contribution in [2.24, 2.45) is 0 Å². The maximum Gasteiger partial charge on any atom is 0.231 e. The minimum atomic E-state index is -0.126. The lowest BCUT2D eigenvalue weighted by Crippen LogP contribution is -1.93. The van der Waals surface area contributed by atoms with Gasteiger partial charge < -0.3 is 19.3 Å². The SMILES string of the molecule is OCC#Cc1csc(COc2ccc3c(c2)OCO3)c1. The number of benzene rings is 1. The summed E-state index contributed by atoms with van der Waals surface area (Å²) in [5, 5.41) is 10.6. The van der Waals surface area contributed by atoms with Crippen LogP contribution in [0, 0.1) is 11.8 Å². The molecule has 0 radical (unpaired) electrons. The molecule has 2 heterocycles. The first-order valence-electron chi connectivity index (χ1n) is 6.05. The molecule has 20 heavy (non-hydrogen) atoms. The van der Waals surface area contributed by atoms with Gasteiger partial charge in [0.25, 0.3) is 0 Å². The molecule has 1 N–H and O–H groups in total. The second-order valence-corrected chi connectivity index (χ2v) is 5.06. The molecule has 0 bridgehead atoms. The Kier molecular flexibility index (Phi) is 3.77. The molecule has 0 saturated carbocycles. The molecule has 0 saturated heterocycles. The van der Waals surface area contributed by atoms with Crippen LogP contribution in [0.1, 0.15) is 10.4 Å². The molecule has 0 atom stereocenters. The lowest BCUT2D eigenvalue weighted by molar-refractivity contribution is 0.173. The summed E-state index contributed by atoms with van der Waals surface area (Å²) in [5.74, 6) is 7.68. The Balaban J connectivity index is 1.63. The number of rotatable bonds is 3. The van der Waals surface area contributed by atoms with E-state index in [1.165, 1.54) is 0 Å². The molecular formula is C15H12O4S. The van der Waals surface area contributed by atoms with Gasteiger partial charge in [0, 0.05) is 21.9 Å². The third-order valence-electron chi connectivity index (χ3n) is 2.69. The van der Waals surface area contributed by atoms with Gasteiger partial charge in [-0.3, -0.25) is 0 Å². The monoisotopic (exact) mass is 288 g/mol. The van der Waals surface area contributed by atoms with Crippen molar-refractivity contribution in [3.63, 3.8) is 0 Å². The van der Waals surface area contributed by atoms with Crippen molar-refractivity contribution >= 4 is 11.3 Å². The maximum atomic E-state index is 8.65. The Morgan fingerprint density at radius 2 is 2.15 bits per heavy atom. The second kappa shape index (κ2) is 5.87. The van der Waals surface area contributed by atoms with Crippen molar-refractivity contribution in [1.82, 2.24) is 0 Å². The van der Waals surface area contributed by atoms with Gasteiger partial charge in [-0.1, -0.05) is 11.8 Å². The predicted molar refractivity (Wildman–Crippen MR) is 75.2 cm³/mol. The standard InChI is InChI=1S/C15H12O4S/c16-5-1-2-11-6-13(20-9-11)8-17-12-3-4-14-15(7-12)19-10-18-14/h3-4,6-7,9,16H,5,8,10H2. The molecule has 1 aromatic carbocycles. The van der Waals surface area contributed by atoms with Crippen LogP contribution in [0.15, 0.2) is 29.6 Å². The average Bonchev–Trinajstić information content (AvgIpc) is 3.11. The number of ether oxygens (including phenoxy) is 3. The first kappa shape index (κ1) is 12.9. The fourth-order valence-corrected chi connectivity index (χ4v) is 2.51. The van der Waals surface area contributed by atoms with E-state index < -0.39 is 0 Å². The Morgan fingerprint density at radius 1 is 1.25 bits per heavy atom. The molecule has 0 fully saturated rings. The van der Waals surface area contributed by atoms with E-state index in [-0.39, 0.29) is 13.4 Å². The highest BCUT2D eigenvalue weighted by molar-refractivity contribution is 7.10. The molecule has 102 valence electrons. The molecule has 1 aliphatic heterocycles. The van der Waals surface area contributed by atoms with Crippen molar-refractivity contribution in [3.8, 4) is 29.1 Å². The Hall–Kier alpha value is -2.16. The van der Waals surface area contributed by atoms with Crippen molar-refractivity contribution < 1.29 is 19.3 Å². The first-order chi connectivity index (χ1) is 9.85. The van der Waals surface area contributed by atoms with E-state index in [9.17, 15) is 0 Å². The van der Waals surface area contributed by atoms with Gasteiger partial charge in [-0.15, -0.1) is 11.3 Å². The summed E-state index contributed by atoms with van der Waals surface area (Å²) < 4.78 is 16.3. The van der Waals surface area contributed by atoms with Crippen LogP contribution in [0.3, 0.4) is 0 Å². The molecule has 1 aliphatic rings. The van der Waals surface area contributed by atoms with Gasteiger partial charge in [-0.05, 0) is 18.2 Å². The van der Waals surface area contributed by atoms with Gasteiger partial charge in [0.15, 0.2) is 11.5 Å². The van der Waals surface area contributed by atoms with Gasteiger partial charge in [0.1, 0.15) is 19.0 Å². The van der Waals surface area contributed by atoms with E-state index in [1.807, 2.05) is 29.6 Å². The molecule has 2 aromatic rings. The van der Waals surface area contributed by atoms with Crippen molar-refractivity contribution in [1.29, 1.82) is 0 Å². The molecule has 0 amide bonds. The lowest BCUT2D eigenvalue weighted by atomic mass is 10.3. The molecular weight excluding hydrogens is 276 g/mol. The number of fused-ring (bicyclic) bond motifs is 1. The van der Waals surface area contributed by atoms with Gasteiger partial charge in [-0.25, -0.2) is 0 Å². The first-order valence-corrected chi connectivity index (χ1v) is 6.93. The van der Waals surface area contributed by atoms with E-state index in [4.69, 9.17) is 19.3 Å². The normalized spacial score (nSPS) is 11.8. The number of aliphatic hydroxyl groups excluding tert-OH is 1. The van der Waals surface area contributed by atoms with Crippen LogP contribution in [0.25, 0.3) is 0 Å². The largest absolute Gasteiger partial charge is 0.488 e. The van der Waals surface area contributed by atoms with Crippen LogP contribution in [0.4, 0.5) is 0 Å². The van der Waals surface area contributed by atoms with E-state index in [2.05, 4.69) is 11.8 Å². The van der Waals surface area contributed by atoms with Gasteiger partial charge in [-0.2, -0.15) is 0 Å². The highest BCUT2D eigenvalue weighted by Crippen LogP contribution is 2.35. The van der Waals surface area contributed by atoms with Gasteiger partial charge >= 0.3 is 0 Å². The van der Waals surface area contributed by atoms with Crippen LogP contribution in [0.2, 0.25) is 0 Å². The van der Waals surface area contributed by atoms with E-state index in [0.717, 1.165) is 21.9 Å². The summed E-state index contributed by atoms with van der Waals surface area (Å²) in [6.45, 7) is 0.612. The van der Waals surface area contributed by atoms with Crippen LogP contribution in [-0.4, -0.2) is 18.5 Å². The summed E-state index contributed by atoms with van der Waals surface area (Å²) in [6, 6.07) is 7.47. The van der Waals surface area contributed by atoms with Crippen LogP contribution >= 0.6 is 11.3 Å². The topological polar surface area (TPSA) is 47.9 Å². The minimum absolute atomic E-state index is 0.126. The molecule has 4 nitrogen and oxygen atoms in total. The zero-order chi connectivity index (χ0) is 13.8. The molecule has 0 unspecified atom stereocenters. The maximum absolute atomic E-state index is 8.65. The summed E-state index contributed by atoms with van der Waals surface area (Å²) >= 11 is 1.58. The Morgan fingerprint density at radius 3 is 3.05 bits per heavy atom. The Labute approximate surface area is 120 Å². The molecule has 0 spiro atoms. The third-order valence-corrected chi connectivity index (χ3v) is 3.60. The second-order valence-electron chi connectivity index (χ2n) is 4.07. The zero-order valence-corrected chi connectivity index (χ0v) is 11.4. The fraction of sp³-hybridized carbons (Fsp3) is 0.200. The molecule has 3 rings (SSSR count). The van der Waals surface area contributed by atoms with Crippen molar-refractivity contribution in [2.75, 3.05) is 13.4 Å². The summed E-state index contributed by atoms with van der Waals surface area (Å²) in [4.78, 5) is 1.07. The predicted octanol–water partition coefficient (Wildman–Crippen LogP) is 2.40. The number of hydrogen-bond acceptors (Lipinski definition) is 5. The molecule has 0 aliphatic carbocycles. The quantitative estimate of drug-likeness (QED) is 0.881. The van der Waals surface area contributed by atoms with Crippen LogP contribution < -0.4 is 14.2 Å². The van der Waals surface area contributed by atoms with E-state index in [0.29, 0.717) is 12.4 Å². The number of aliphatic hydroxyl groups is 1. The van der Waals surface area contributed by atoms with Crippen LogP contribution in [0.5, 0.6) is 17.2 Å². The Bertz CT molecular complexity index is 666. The van der Waals surface area contributed by atoms with Crippen LogP contribution in [-0.2, 0) is 6.61 Å². The summed E-state index contributed by atoms with van der Waals surface area (Å²) in [7, 11) is 0. The minimum Gasteiger partial charge on any atom is -0.488 e. The average molecular weight is 288 g/mol. The molecule has 5 heteroatoms. The third kappa shape index (κ3) is 2.87.